The molecule has 1 aromatic rings. The van der Waals surface area contributed by atoms with Crippen LogP contribution >= 0.6 is 0 Å². The normalized spacial score (nSPS) is 12.8. The van der Waals surface area contributed by atoms with Crippen LogP contribution in [0.5, 0.6) is 0 Å². The molecule has 72 valence electrons. The van der Waals surface area contributed by atoms with Gasteiger partial charge in [-0.25, -0.2) is 9.87 Å². The quantitative estimate of drug-likeness (QED) is 0.700. The number of hydrogen-bond donors (Lipinski definition) is 2. The van der Waals surface area contributed by atoms with Crippen LogP contribution in [-0.4, -0.2) is 11.4 Å². The Bertz CT molecular complexity index is 263. The minimum absolute atomic E-state index is 0.364. The summed E-state index contributed by atoms with van der Waals surface area (Å²) >= 11 is 0. The molecule has 1 aromatic carbocycles. The molecule has 0 amide bonds. The van der Waals surface area contributed by atoms with Gasteiger partial charge in [0.15, 0.2) is 0 Å². The molecule has 0 fully saturated rings. The molecule has 0 heterocycles. The van der Waals surface area contributed by atoms with Gasteiger partial charge in [0.25, 0.3) is 0 Å². The molecule has 0 aliphatic heterocycles. The number of nitrogens with one attached hydrogen (secondary N) is 1. The summed E-state index contributed by atoms with van der Waals surface area (Å²) in [7, 11) is 0. The lowest BCUT2D eigenvalue weighted by molar-refractivity contribution is 0.161. The van der Waals surface area contributed by atoms with Gasteiger partial charge >= 0.3 is 0 Å². The van der Waals surface area contributed by atoms with Gasteiger partial charge in [0.2, 0.25) is 0 Å². The first kappa shape index (κ1) is 10.2. The van der Waals surface area contributed by atoms with E-state index in [4.69, 9.17) is 5.21 Å². The SMILES string of the molecule is CC(F)Cc1ccccc1CNO. The summed E-state index contributed by atoms with van der Waals surface area (Å²) in [4.78, 5) is 0. The van der Waals surface area contributed by atoms with Crippen LogP contribution in [0.15, 0.2) is 24.3 Å². The van der Waals surface area contributed by atoms with Crippen molar-refractivity contribution >= 4 is 0 Å². The monoisotopic (exact) mass is 183 g/mol. The van der Waals surface area contributed by atoms with Crippen molar-refractivity contribution in [1.29, 1.82) is 0 Å². The van der Waals surface area contributed by atoms with Crippen LogP contribution in [-0.2, 0) is 13.0 Å². The van der Waals surface area contributed by atoms with Crippen LogP contribution < -0.4 is 5.48 Å². The molecule has 2 N–H and O–H groups in total. The predicted octanol–water partition coefficient (Wildman–Crippen LogP) is 2.07. The molecule has 3 heteroatoms. The zero-order chi connectivity index (χ0) is 9.68. The molecule has 13 heavy (non-hydrogen) atoms. The zero-order valence-corrected chi connectivity index (χ0v) is 7.63. The molecule has 0 spiro atoms. The number of halogens is 1. The Morgan fingerprint density at radius 3 is 2.54 bits per heavy atom. The Hall–Kier alpha value is -0.930. The Kier molecular flexibility index (Phi) is 3.86. The lowest BCUT2D eigenvalue weighted by Crippen LogP contribution is -2.10. The smallest absolute Gasteiger partial charge is 0.101 e. The Labute approximate surface area is 77.4 Å². The Balaban J connectivity index is 2.78. The van der Waals surface area contributed by atoms with Gasteiger partial charge in [-0.2, -0.15) is 0 Å². The van der Waals surface area contributed by atoms with Gasteiger partial charge in [-0.1, -0.05) is 24.3 Å². The standard InChI is InChI=1S/C10H14FNO/c1-8(11)6-9-4-2-3-5-10(9)7-12-13/h2-5,8,12-13H,6-7H2,1H3. The van der Waals surface area contributed by atoms with E-state index in [0.717, 1.165) is 11.1 Å². The molecule has 0 radical (unpaired) electrons. The van der Waals surface area contributed by atoms with Crippen LogP contribution in [0.4, 0.5) is 4.39 Å². The molecule has 0 aliphatic carbocycles. The fraction of sp³-hybridized carbons (Fsp3) is 0.400. The maximum Gasteiger partial charge on any atom is 0.101 e. The molecular formula is C10H14FNO. The van der Waals surface area contributed by atoms with Crippen molar-refractivity contribution in [2.75, 3.05) is 0 Å². The van der Waals surface area contributed by atoms with Gasteiger partial charge in [0.1, 0.15) is 6.17 Å². The van der Waals surface area contributed by atoms with E-state index in [0.29, 0.717) is 13.0 Å². The third kappa shape index (κ3) is 3.13. The molecule has 0 saturated carbocycles. The first-order chi connectivity index (χ1) is 6.24. The topological polar surface area (TPSA) is 32.3 Å². The van der Waals surface area contributed by atoms with Crippen LogP contribution in [0.3, 0.4) is 0 Å². The van der Waals surface area contributed by atoms with Crippen molar-refractivity contribution in [3.63, 3.8) is 0 Å². The van der Waals surface area contributed by atoms with Crippen LogP contribution in [0.2, 0.25) is 0 Å². The number of hydrogen-bond acceptors (Lipinski definition) is 2. The van der Waals surface area contributed by atoms with E-state index in [-0.39, 0.29) is 0 Å². The second-order valence-corrected chi connectivity index (χ2v) is 3.09. The van der Waals surface area contributed by atoms with E-state index in [9.17, 15) is 4.39 Å². The highest BCUT2D eigenvalue weighted by atomic mass is 19.1. The highest BCUT2D eigenvalue weighted by Gasteiger charge is 2.04. The third-order valence-electron chi connectivity index (χ3n) is 1.89. The molecule has 0 aliphatic rings. The number of rotatable bonds is 4. The molecule has 0 bridgehead atoms. The summed E-state index contributed by atoms with van der Waals surface area (Å²) in [6.07, 6.45) is -0.447. The Morgan fingerprint density at radius 2 is 2.00 bits per heavy atom. The fourth-order valence-electron chi connectivity index (χ4n) is 1.32. The largest absolute Gasteiger partial charge is 0.316 e. The highest BCUT2D eigenvalue weighted by molar-refractivity contribution is 5.27. The number of hydroxylamine groups is 1. The molecule has 1 rings (SSSR count). The van der Waals surface area contributed by atoms with Crippen molar-refractivity contribution in [1.82, 2.24) is 5.48 Å². The fourth-order valence-corrected chi connectivity index (χ4v) is 1.32. The molecule has 0 aromatic heterocycles. The molecule has 2 nitrogen and oxygen atoms in total. The second kappa shape index (κ2) is 4.94. The summed E-state index contributed by atoms with van der Waals surface area (Å²) in [5, 5.41) is 8.53. The van der Waals surface area contributed by atoms with Gasteiger partial charge in [-0.3, -0.25) is 0 Å². The zero-order valence-electron chi connectivity index (χ0n) is 7.63. The van der Waals surface area contributed by atoms with E-state index >= 15 is 0 Å². The number of alkyl halides is 1. The molecular weight excluding hydrogens is 169 g/mol. The van der Waals surface area contributed by atoms with Crippen molar-refractivity contribution in [2.45, 2.75) is 26.1 Å². The molecule has 1 atom stereocenters. The van der Waals surface area contributed by atoms with E-state index < -0.39 is 6.17 Å². The number of benzene rings is 1. The average molecular weight is 183 g/mol. The van der Waals surface area contributed by atoms with Gasteiger partial charge < -0.3 is 5.21 Å². The first-order valence-electron chi connectivity index (χ1n) is 4.32. The second-order valence-electron chi connectivity index (χ2n) is 3.09. The summed E-state index contributed by atoms with van der Waals surface area (Å²) < 4.78 is 12.7. The predicted molar refractivity (Wildman–Crippen MR) is 49.3 cm³/mol. The van der Waals surface area contributed by atoms with Crippen LogP contribution in [0, 0.1) is 0 Å². The average Bonchev–Trinajstić information content (AvgIpc) is 2.08. The maximum absolute atomic E-state index is 12.7. The van der Waals surface area contributed by atoms with E-state index in [1.165, 1.54) is 6.92 Å². The third-order valence-corrected chi connectivity index (χ3v) is 1.89. The van der Waals surface area contributed by atoms with Gasteiger partial charge in [0.05, 0.1) is 0 Å². The van der Waals surface area contributed by atoms with E-state index in [1.54, 1.807) is 0 Å². The van der Waals surface area contributed by atoms with Crippen molar-refractivity contribution in [3.8, 4) is 0 Å². The lowest BCUT2D eigenvalue weighted by Gasteiger charge is -2.08. The van der Waals surface area contributed by atoms with Crippen LogP contribution in [0.1, 0.15) is 18.1 Å². The van der Waals surface area contributed by atoms with Gasteiger partial charge in [-0.15, -0.1) is 0 Å². The summed E-state index contributed by atoms with van der Waals surface area (Å²) in [5.41, 5.74) is 3.96. The molecule has 1 unspecified atom stereocenters. The summed E-state index contributed by atoms with van der Waals surface area (Å²) in [5.74, 6) is 0. The van der Waals surface area contributed by atoms with E-state index in [2.05, 4.69) is 5.48 Å². The minimum Gasteiger partial charge on any atom is -0.316 e. The van der Waals surface area contributed by atoms with E-state index in [1.807, 2.05) is 24.3 Å². The van der Waals surface area contributed by atoms with Gasteiger partial charge in [-0.05, 0) is 18.1 Å². The lowest BCUT2D eigenvalue weighted by atomic mass is 10.0. The van der Waals surface area contributed by atoms with Crippen molar-refractivity contribution < 1.29 is 9.60 Å². The maximum atomic E-state index is 12.7. The summed E-state index contributed by atoms with van der Waals surface area (Å²) in [6.45, 7) is 1.89. The highest BCUT2D eigenvalue weighted by Crippen LogP contribution is 2.12. The van der Waals surface area contributed by atoms with Crippen molar-refractivity contribution in [2.24, 2.45) is 0 Å². The summed E-state index contributed by atoms with van der Waals surface area (Å²) in [6, 6.07) is 7.50. The molecule has 0 saturated heterocycles. The Morgan fingerprint density at radius 1 is 1.38 bits per heavy atom. The van der Waals surface area contributed by atoms with Crippen LogP contribution in [0.25, 0.3) is 0 Å². The van der Waals surface area contributed by atoms with Crippen molar-refractivity contribution in [3.05, 3.63) is 35.4 Å². The minimum atomic E-state index is -0.847. The first-order valence-corrected chi connectivity index (χ1v) is 4.32. The van der Waals surface area contributed by atoms with Gasteiger partial charge in [0, 0.05) is 13.0 Å².